The number of benzene rings is 2. The molecule has 0 saturated carbocycles. The Bertz CT molecular complexity index is 927. The lowest BCUT2D eigenvalue weighted by Crippen LogP contribution is -2.49. The molecule has 1 aliphatic rings. The first-order chi connectivity index (χ1) is 13.1. The Kier molecular flexibility index (Phi) is 4.62. The molecule has 1 aromatic heterocycles. The smallest absolute Gasteiger partial charge is 0.253 e. The summed E-state index contributed by atoms with van der Waals surface area (Å²) in [5, 5.41) is 7.56. The van der Waals surface area contributed by atoms with Gasteiger partial charge >= 0.3 is 0 Å². The summed E-state index contributed by atoms with van der Waals surface area (Å²) in [6.45, 7) is 7.42. The molecule has 138 valence electrons. The van der Waals surface area contributed by atoms with Crippen LogP contribution in [0.2, 0.25) is 0 Å². The molecule has 0 spiro atoms. The summed E-state index contributed by atoms with van der Waals surface area (Å²) in [6.07, 6.45) is 1.30. The Labute approximate surface area is 158 Å². The second-order valence-corrected chi connectivity index (χ2v) is 6.82. The average Bonchev–Trinajstić information content (AvgIpc) is 3.25. The van der Waals surface area contributed by atoms with E-state index in [1.807, 2.05) is 29.2 Å². The second kappa shape index (κ2) is 7.23. The van der Waals surface area contributed by atoms with Crippen molar-refractivity contribution in [2.75, 3.05) is 31.1 Å². The number of hydrogen-bond acceptors (Lipinski definition) is 5. The summed E-state index contributed by atoms with van der Waals surface area (Å²) >= 11 is 0. The summed E-state index contributed by atoms with van der Waals surface area (Å²) in [5.41, 5.74) is 5.37. The van der Waals surface area contributed by atoms with Crippen LogP contribution in [0.5, 0.6) is 0 Å². The normalized spacial score (nSPS) is 14.4. The molecule has 6 heteroatoms. The molecule has 6 nitrogen and oxygen atoms in total. The molecule has 0 atom stereocenters. The third-order valence-corrected chi connectivity index (χ3v) is 5.22. The number of carbonyl (C=O) groups is 1. The molecule has 4 rings (SSSR count). The zero-order valence-electron chi connectivity index (χ0n) is 15.6. The average molecular weight is 362 g/mol. The molecule has 0 aliphatic carbocycles. The molecule has 27 heavy (non-hydrogen) atoms. The third kappa shape index (κ3) is 3.43. The number of aromatic nitrogens is 2. The highest BCUT2D eigenvalue weighted by atomic mass is 16.4. The van der Waals surface area contributed by atoms with Gasteiger partial charge in [-0.1, -0.05) is 12.1 Å². The minimum absolute atomic E-state index is 0.0627. The van der Waals surface area contributed by atoms with Crippen molar-refractivity contribution in [3.05, 3.63) is 65.5 Å². The molecule has 1 saturated heterocycles. The molecule has 2 heterocycles. The van der Waals surface area contributed by atoms with Crippen molar-refractivity contribution in [3.63, 3.8) is 0 Å². The van der Waals surface area contributed by atoms with Crippen molar-refractivity contribution in [1.82, 2.24) is 15.1 Å². The standard InChI is InChI=1S/C21H22N4O2/c1-15-4-3-5-19(16(15)2)24-10-12-25(13-11-24)21(26)18-8-6-17(7-9-18)20-23-22-14-27-20/h3-9,14H,10-13H2,1-2H3. The van der Waals surface area contributed by atoms with Gasteiger partial charge in [0.05, 0.1) is 0 Å². The van der Waals surface area contributed by atoms with Crippen molar-refractivity contribution < 1.29 is 9.21 Å². The molecule has 2 aromatic carbocycles. The van der Waals surface area contributed by atoms with Crippen LogP contribution in [0, 0.1) is 13.8 Å². The van der Waals surface area contributed by atoms with E-state index in [1.165, 1.54) is 23.2 Å². The summed E-state index contributed by atoms with van der Waals surface area (Å²) in [4.78, 5) is 17.1. The Morgan fingerprint density at radius 1 is 1.00 bits per heavy atom. The number of amides is 1. The summed E-state index contributed by atoms with van der Waals surface area (Å²) in [5.74, 6) is 0.517. The number of anilines is 1. The first kappa shape index (κ1) is 17.3. The zero-order valence-corrected chi connectivity index (χ0v) is 15.6. The van der Waals surface area contributed by atoms with E-state index in [0.29, 0.717) is 11.5 Å². The van der Waals surface area contributed by atoms with Crippen molar-refractivity contribution in [1.29, 1.82) is 0 Å². The van der Waals surface area contributed by atoms with E-state index in [0.717, 1.165) is 31.7 Å². The predicted molar refractivity (Wildman–Crippen MR) is 104 cm³/mol. The van der Waals surface area contributed by atoms with Gasteiger partial charge in [0.1, 0.15) is 0 Å². The summed E-state index contributed by atoms with van der Waals surface area (Å²) in [6, 6.07) is 13.7. The van der Waals surface area contributed by atoms with Gasteiger partial charge < -0.3 is 14.2 Å². The van der Waals surface area contributed by atoms with Gasteiger partial charge in [0, 0.05) is 43.0 Å². The fourth-order valence-corrected chi connectivity index (χ4v) is 3.47. The quantitative estimate of drug-likeness (QED) is 0.715. The van der Waals surface area contributed by atoms with Crippen LogP contribution in [0.25, 0.3) is 11.5 Å². The van der Waals surface area contributed by atoms with E-state index in [9.17, 15) is 4.79 Å². The Hall–Kier alpha value is -3.15. The van der Waals surface area contributed by atoms with Crippen LogP contribution in [-0.2, 0) is 0 Å². The topological polar surface area (TPSA) is 62.5 Å². The van der Waals surface area contributed by atoms with Gasteiger partial charge in [-0.15, -0.1) is 10.2 Å². The van der Waals surface area contributed by atoms with E-state index in [-0.39, 0.29) is 5.91 Å². The molecule has 0 N–H and O–H groups in total. The van der Waals surface area contributed by atoms with E-state index in [4.69, 9.17) is 4.42 Å². The van der Waals surface area contributed by atoms with Crippen molar-refractivity contribution >= 4 is 11.6 Å². The SMILES string of the molecule is Cc1cccc(N2CCN(C(=O)c3ccc(-c4nnco4)cc3)CC2)c1C. The first-order valence-electron chi connectivity index (χ1n) is 9.10. The Balaban J connectivity index is 1.42. The molecule has 0 radical (unpaired) electrons. The van der Waals surface area contributed by atoms with Gasteiger partial charge in [-0.05, 0) is 55.3 Å². The van der Waals surface area contributed by atoms with E-state index in [1.54, 1.807) is 0 Å². The number of nitrogens with zero attached hydrogens (tertiary/aromatic N) is 4. The zero-order chi connectivity index (χ0) is 18.8. The summed E-state index contributed by atoms with van der Waals surface area (Å²) < 4.78 is 5.18. The van der Waals surface area contributed by atoms with E-state index >= 15 is 0 Å². The monoisotopic (exact) mass is 362 g/mol. The molecule has 1 amide bonds. The number of rotatable bonds is 3. The molecular formula is C21H22N4O2. The number of aryl methyl sites for hydroxylation is 1. The summed E-state index contributed by atoms with van der Waals surface area (Å²) in [7, 11) is 0. The van der Waals surface area contributed by atoms with Crippen molar-refractivity contribution in [3.8, 4) is 11.5 Å². The number of piperazine rings is 1. The highest BCUT2D eigenvalue weighted by Crippen LogP contribution is 2.24. The first-order valence-corrected chi connectivity index (χ1v) is 9.10. The van der Waals surface area contributed by atoms with Crippen LogP contribution in [0.15, 0.2) is 53.3 Å². The maximum Gasteiger partial charge on any atom is 0.253 e. The highest BCUT2D eigenvalue weighted by molar-refractivity contribution is 5.94. The van der Waals surface area contributed by atoms with Gasteiger partial charge in [0.15, 0.2) is 0 Å². The maximum absolute atomic E-state index is 12.8. The Morgan fingerprint density at radius 3 is 2.41 bits per heavy atom. The van der Waals surface area contributed by atoms with Gasteiger partial charge in [0.25, 0.3) is 5.91 Å². The molecule has 1 fully saturated rings. The van der Waals surface area contributed by atoms with Gasteiger partial charge in [0.2, 0.25) is 12.3 Å². The van der Waals surface area contributed by atoms with E-state index < -0.39 is 0 Å². The lowest BCUT2D eigenvalue weighted by Gasteiger charge is -2.37. The van der Waals surface area contributed by atoms with Crippen molar-refractivity contribution in [2.24, 2.45) is 0 Å². The van der Waals surface area contributed by atoms with Crippen LogP contribution in [0.1, 0.15) is 21.5 Å². The lowest BCUT2D eigenvalue weighted by atomic mass is 10.1. The largest absolute Gasteiger partial charge is 0.423 e. The number of hydrogen-bond donors (Lipinski definition) is 0. The van der Waals surface area contributed by atoms with Crippen molar-refractivity contribution in [2.45, 2.75) is 13.8 Å². The predicted octanol–water partition coefficient (Wildman–Crippen LogP) is 3.32. The Morgan fingerprint density at radius 2 is 1.74 bits per heavy atom. The second-order valence-electron chi connectivity index (χ2n) is 6.82. The van der Waals surface area contributed by atoms with Crippen LogP contribution >= 0.6 is 0 Å². The number of carbonyl (C=O) groups excluding carboxylic acids is 1. The van der Waals surface area contributed by atoms with Gasteiger partial charge in [-0.2, -0.15) is 0 Å². The maximum atomic E-state index is 12.8. The van der Waals surface area contributed by atoms with Crippen LogP contribution in [0.4, 0.5) is 5.69 Å². The van der Waals surface area contributed by atoms with Crippen LogP contribution in [-0.4, -0.2) is 47.2 Å². The van der Waals surface area contributed by atoms with E-state index in [2.05, 4.69) is 47.1 Å². The minimum Gasteiger partial charge on any atom is -0.423 e. The molecule has 3 aromatic rings. The fourth-order valence-electron chi connectivity index (χ4n) is 3.47. The molecule has 0 unspecified atom stereocenters. The lowest BCUT2D eigenvalue weighted by molar-refractivity contribution is 0.0747. The highest BCUT2D eigenvalue weighted by Gasteiger charge is 2.23. The van der Waals surface area contributed by atoms with Gasteiger partial charge in [-0.25, -0.2) is 0 Å². The third-order valence-electron chi connectivity index (χ3n) is 5.22. The van der Waals surface area contributed by atoms with Crippen LogP contribution in [0.3, 0.4) is 0 Å². The molecular weight excluding hydrogens is 340 g/mol. The fraction of sp³-hybridized carbons (Fsp3) is 0.286. The van der Waals surface area contributed by atoms with Crippen LogP contribution < -0.4 is 4.90 Å². The minimum atomic E-state index is 0.0627. The molecule has 0 bridgehead atoms. The van der Waals surface area contributed by atoms with Gasteiger partial charge in [-0.3, -0.25) is 4.79 Å². The molecule has 1 aliphatic heterocycles.